The van der Waals surface area contributed by atoms with E-state index in [4.69, 9.17) is 9.72 Å². The molecular formula is C23H29N3O2. The number of nitrogens with zero attached hydrogens (tertiary/aromatic N) is 2. The van der Waals surface area contributed by atoms with Crippen LogP contribution in [0.4, 0.5) is 0 Å². The summed E-state index contributed by atoms with van der Waals surface area (Å²) in [7, 11) is 1.63. The van der Waals surface area contributed by atoms with Crippen molar-refractivity contribution in [3.8, 4) is 5.75 Å². The third kappa shape index (κ3) is 4.71. The van der Waals surface area contributed by atoms with Crippen molar-refractivity contribution in [2.24, 2.45) is 5.92 Å². The standard InChI is InChI=1S/C23H29N3O2/c1-16(2)13-14-26-21-8-6-5-7-20(21)25-23(26)17(3)24-22(27)15-18-9-11-19(28-4)12-10-18/h5-12,16-17H,13-15H2,1-4H3,(H,24,27). The van der Waals surface area contributed by atoms with Crippen LogP contribution in [0.2, 0.25) is 0 Å². The fourth-order valence-electron chi connectivity index (χ4n) is 3.33. The topological polar surface area (TPSA) is 56.1 Å². The summed E-state index contributed by atoms with van der Waals surface area (Å²) in [5.74, 6) is 2.29. The Kier molecular flexibility index (Phi) is 6.34. The van der Waals surface area contributed by atoms with Crippen LogP contribution in [0, 0.1) is 5.92 Å². The van der Waals surface area contributed by atoms with Gasteiger partial charge in [-0.25, -0.2) is 4.98 Å². The first kappa shape index (κ1) is 19.9. The monoisotopic (exact) mass is 379 g/mol. The SMILES string of the molecule is COc1ccc(CC(=O)NC(C)c2nc3ccccc3n2CCC(C)C)cc1. The Morgan fingerprint density at radius 2 is 1.82 bits per heavy atom. The van der Waals surface area contributed by atoms with Crippen LogP contribution in [0.1, 0.15) is 44.6 Å². The number of aromatic nitrogens is 2. The second kappa shape index (κ2) is 8.91. The number of aryl methyl sites for hydroxylation is 1. The molecule has 148 valence electrons. The number of amides is 1. The molecule has 0 aliphatic heterocycles. The highest BCUT2D eigenvalue weighted by Gasteiger charge is 2.18. The van der Waals surface area contributed by atoms with Gasteiger partial charge in [-0.3, -0.25) is 4.79 Å². The number of carbonyl (C=O) groups is 1. The van der Waals surface area contributed by atoms with E-state index >= 15 is 0 Å². The fraction of sp³-hybridized carbons (Fsp3) is 0.391. The molecule has 1 atom stereocenters. The second-order valence-corrected chi connectivity index (χ2v) is 7.61. The van der Waals surface area contributed by atoms with Crippen molar-refractivity contribution < 1.29 is 9.53 Å². The van der Waals surface area contributed by atoms with Gasteiger partial charge in [-0.15, -0.1) is 0 Å². The lowest BCUT2D eigenvalue weighted by atomic mass is 10.1. The van der Waals surface area contributed by atoms with Crippen LogP contribution in [0.5, 0.6) is 5.75 Å². The molecule has 5 heteroatoms. The van der Waals surface area contributed by atoms with E-state index in [2.05, 4.69) is 29.8 Å². The fourth-order valence-corrected chi connectivity index (χ4v) is 3.33. The van der Waals surface area contributed by atoms with E-state index in [-0.39, 0.29) is 11.9 Å². The Hall–Kier alpha value is -2.82. The van der Waals surface area contributed by atoms with Crippen LogP contribution in [-0.2, 0) is 17.8 Å². The molecule has 0 saturated carbocycles. The van der Waals surface area contributed by atoms with Crippen LogP contribution in [0.25, 0.3) is 11.0 Å². The van der Waals surface area contributed by atoms with Gasteiger partial charge in [-0.05, 0) is 49.1 Å². The van der Waals surface area contributed by atoms with Gasteiger partial charge in [0.15, 0.2) is 0 Å². The number of ether oxygens (including phenoxy) is 1. The maximum Gasteiger partial charge on any atom is 0.224 e. The number of hydrogen-bond donors (Lipinski definition) is 1. The predicted molar refractivity (Wildman–Crippen MR) is 112 cm³/mol. The molecule has 28 heavy (non-hydrogen) atoms. The molecule has 3 rings (SSSR count). The Morgan fingerprint density at radius 3 is 2.50 bits per heavy atom. The van der Waals surface area contributed by atoms with Gasteiger partial charge in [0, 0.05) is 6.54 Å². The summed E-state index contributed by atoms with van der Waals surface area (Å²) in [5.41, 5.74) is 3.05. The van der Waals surface area contributed by atoms with Crippen LogP contribution in [-0.4, -0.2) is 22.6 Å². The third-order valence-electron chi connectivity index (χ3n) is 4.90. The van der Waals surface area contributed by atoms with Crippen LogP contribution < -0.4 is 10.1 Å². The van der Waals surface area contributed by atoms with E-state index in [9.17, 15) is 4.79 Å². The van der Waals surface area contributed by atoms with Gasteiger partial charge in [0.2, 0.25) is 5.91 Å². The molecule has 1 unspecified atom stereocenters. The minimum atomic E-state index is -0.162. The van der Waals surface area contributed by atoms with Gasteiger partial charge in [0.25, 0.3) is 0 Å². The number of methoxy groups -OCH3 is 1. The number of benzene rings is 2. The average molecular weight is 380 g/mol. The van der Waals surface area contributed by atoms with Crippen LogP contribution in [0.3, 0.4) is 0 Å². The molecule has 0 bridgehead atoms. The second-order valence-electron chi connectivity index (χ2n) is 7.61. The van der Waals surface area contributed by atoms with Crippen molar-refractivity contribution in [2.75, 3.05) is 7.11 Å². The highest BCUT2D eigenvalue weighted by molar-refractivity contribution is 5.79. The molecule has 5 nitrogen and oxygen atoms in total. The number of para-hydroxylation sites is 2. The van der Waals surface area contributed by atoms with Crippen molar-refractivity contribution in [2.45, 2.75) is 46.2 Å². The lowest BCUT2D eigenvalue weighted by molar-refractivity contribution is -0.121. The van der Waals surface area contributed by atoms with Gasteiger partial charge >= 0.3 is 0 Å². The third-order valence-corrected chi connectivity index (χ3v) is 4.90. The van der Waals surface area contributed by atoms with Gasteiger partial charge in [-0.2, -0.15) is 0 Å². The molecule has 0 fully saturated rings. The highest BCUT2D eigenvalue weighted by Crippen LogP contribution is 2.22. The lowest BCUT2D eigenvalue weighted by Gasteiger charge is -2.17. The summed E-state index contributed by atoms with van der Waals surface area (Å²) in [6, 6.07) is 15.6. The largest absolute Gasteiger partial charge is 0.497 e. The Bertz CT molecular complexity index is 929. The van der Waals surface area contributed by atoms with Gasteiger partial charge < -0.3 is 14.6 Å². The van der Waals surface area contributed by atoms with E-state index in [1.807, 2.05) is 49.4 Å². The van der Waals surface area contributed by atoms with E-state index in [0.717, 1.165) is 41.1 Å². The maximum atomic E-state index is 12.6. The average Bonchev–Trinajstić information content (AvgIpc) is 3.05. The van der Waals surface area contributed by atoms with Gasteiger partial charge in [-0.1, -0.05) is 38.1 Å². The summed E-state index contributed by atoms with van der Waals surface area (Å²) < 4.78 is 7.41. The molecule has 2 aromatic carbocycles. The number of nitrogens with one attached hydrogen (secondary N) is 1. The minimum absolute atomic E-state index is 0.0138. The molecule has 1 N–H and O–H groups in total. The van der Waals surface area contributed by atoms with Gasteiger partial charge in [0.1, 0.15) is 11.6 Å². The van der Waals surface area contributed by atoms with Crippen molar-refractivity contribution in [3.63, 3.8) is 0 Å². The molecule has 0 spiro atoms. The van der Waals surface area contributed by atoms with Crippen LogP contribution in [0.15, 0.2) is 48.5 Å². The van der Waals surface area contributed by atoms with E-state index in [1.165, 1.54) is 0 Å². The maximum absolute atomic E-state index is 12.6. The first-order chi connectivity index (χ1) is 13.5. The van der Waals surface area contributed by atoms with Crippen molar-refractivity contribution in [1.29, 1.82) is 0 Å². The molecule has 0 aliphatic carbocycles. The summed E-state index contributed by atoms with van der Waals surface area (Å²) in [4.78, 5) is 17.4. The highest BCUT2D eigenvalue weighted by atomic mass is 16.5. The Balaban J connectivity index is 1.75. The molecule has 0 aliphatic rings. The Morgan fingerprint density at radius 1 is 1.11 bits per heavy atom. The lowest BCUT2D eigenvalue weighted by Crippen LogP contribution is -2.30. The number of carbonyl (C=O) groups excluding carboxylic acids is 1. The smallest absolute Gasteiger partial charge is 0.224 e. The molecule has 1 amide bonds. The van der Waals surface area contributed by atoms with Crippen molar-refractivity contribution in [1.82, 2.24) is 14.9 Å². The zero-order valence-electron chi connectivity index (χ0n) is 17.1. The summed E-state index contributed by atoms with van der Waals surface area (Å²) >= 11 is 0. The molecule has 1 aromatic heterocycles. The first-order valence-electron chi connectivity index (χ1n) is 9.85. The normalized spacial score (nSPS) is 12.3. The zero-order valence-corrected chi connectivity index (χ0v) is 17.1. The first-order valence-corrected chi connectivity index (χ1v) is 9.85. The van der Waals surface area contributed by atoms with Crippen LogP contribution >= 0.6 is 0 Å². The molecule has 1 heterocycles. The Labute approximate surface area is 166 Å². The molecule has 0 saturated heterocycles. The van der Waals surface area contributed by atoms with Gasteiger partial charge in [0.05, 0.1) is 30.6 Å². The number of fused-ring (bicyclic) bond motifs is 1. The van der Waals surface area contributed by atoms with E-state index < -0.39 is 0 Å². The number of hydrogen-bond acceptors (Lipinski definition) is 3. The predicted octanol–water partition coefficient (Wildman–Crippen LogP) is 4.51. The number of imidazole rings is 1. The molecular weight excluding hydrogens is 350 g/mol. The number of rotatable bonds is 8. The quantitative estimate of drug-likeness (QED) is 0.626. The minimum Gasteiger partial charge on any atom is -0.497 e. The van der Waals surface area contributed by atoms with Crippen molar-refractivity contribution >= 4 is 16.9 Å². The zero-order chi connectivity index (χ0) is 20.1. The summed E-state index contributed by atoms with van der Waals surface area (Å²) in [6.45, 7) is 7.34. The molecule has 0 radical (unpaired) electrons. The van der Waals surface area contributed by atoms with Crippen molar-refractivity contribution in [3.05, 3.63) is 59.9 Å². The van der Waals surface area contributed by atoms with E-state index in [0.29, 0.717) is 12.3 Å². The van der Waals surface area contributed by atoms with E-state index in [1.54, 1.807) is 7.11 Å². The summed E-state index contributed by atoms with van der Waals surface area (Å²) in [6.07, 6.45) is 1.40. The molecule has 3 aromatic rings. The summed E-state index contributed by atoms with van der Waals surface area (Å²) in [5, 5.41) is 3.11.